The van der Waals surface area contributed by atoms with Gasteiger partial charge in [0.05, 0.1) is 13.2 Å². The number of carbonyl (C=O) groups is 2. The van der Waals surface area contributed by atoms with Crippen LogP contribution in [0.15, 0.2) is 48.5 Å². The SMILES string of the molecule is COC(=O)C1CCC(=O)N1C(c1ccc(F)cc1)c1ccccc1Cl. The first-order chi connectivity index (χ1) is 12.0. The zero-order valence-electron chi connectivity index (χ0n) is 13.6. The highest BCUT2D eigenvalue weighted by Crippen LogP contribution is 2.38. The van der Waals surface area contributed by atoms with Crippen molar-refractivity contribution in [2.75, 3.05) is 7.11 Å². The van der Waals surface area contributed by atoms with Gasteiger partial charge in [-0.1, -0.05) is 41.9 Å². The summed E-state index contributed by atoms with van der Waals surface area (Å²) in [6, 6.07) is 11.7. The average molecular weight is 362 g/mol. The van der Waals surface area contributed by atoms with Crippen LogP contribution >= 0.6 is 11.6 Å². The molecule has 0 saturated carbocycles. The molecule has 1 aliphatic heterocycles. The number of nitrogens with zero attached hydrogens (tertiary/aromatic N) is 1. The molecule has 2 aromatic rings. The van der Waals surface area contributed by atoms with Gasteiger partial charge in [-0.3, -0.25) is 4.79 Å². The maximum Gasteiger partial charge on any atom is 0.328 e. The summed E-state index contributed by atoms with van der Waals surface area (Å²) in [6.07, 6.45) is 0.634. The summed E-state index contributed by atoms with van der Waals surface area (Å²) >= 11 is 6.36. The highest BCUT2D eigenvalue weighted by Gasteiger charge is 2.42. The highest BCUT2D eigenvalue weighted by molar-refractivity contribution is 6.31. The summed E-state index contributed by atoms with van der Waals surface area (Å²) in [6.45, 7) is 0. The van der Waals surface area contributed by atoms with Crippen LogP contribution in [0, 0.1) is 5.82 Å². The van der Waals surface area contributed by atoms with E-state index in [2.05, 4.69) is 0 Å². The number of amides is 1. The average Bonchev–Trinajstić information content (AvgIpc) is 2.99. The molecule has 0 bridgehead atoms. The van der Waals surface area contributed by atoms with E-state index in [0.717, 1.165) is 0 Å². The summed E-state index contributed by atoms with van der Waals surface area (Å²) in [5.74, 6) is -1.01. The molecular weight excluding hydrogens is 345 g/mol. The molecule has 1 saturated heterocycles. The third-order valence-electron chi connectivity index (χ3n) is 4.39. The number of carbonyl (C=O) groups excluding carboxylic acids is 2. The minimum Gasteiger partial charge on any atom is -0.467 e. The monoisotopic (exact) mass is 361 g/mol. The van der Waals surface area contributed by atoms with Gasteiger partial charge in [0.25, 0.3) is 0 Å². The van der Waals surface area contributed by atoms with Crippen molar-refractivity contribution in [3.05, 3.63) is 70.5 Å². The molecule has 2 unspecified atom stereocenters. The zero-order valence-corrected chi connectivity index (χ0v) is 14.4. The summed E-state index contributed by atoms with van der Waals surface area (Å²) in [5.41, 5.74) is 1.36. The normalized spacial score (nSPS) is 18.3. The maximum absolute atomic E-state index is 13.4. The van der Waals surface area contributed by atoms with E-state index in [9.17, 15) is 14.0 Å². The van der Waals surface area contributed by atoms with E-state index in [4.69, 9.17) is 16.3 Å². The lowest BCUT2D eigenvalue weighted by Crippen LogP contribution is -2.42. The molecule has 4 nitrogen and oxygen atoms in total. The molecule has 3 rings (SSSR count). The van der Waals surface area contributed by atoms with E-state index in [1.54, 1.807) is 30.3 Å². The molecule has 1 aliphatic rings. The summed E-state index contributed by atoms with van der Waals surface area (Å²) < 4.78 is 18.2. The number of likely N-dealkylation sites (tertiary alicyclic amines) is 1. The molecule has 1 heterocycles. The Hall–Kier alpha value is -2.40. The third kappa shape index (κ3) is 3.37. The number of hydrogen-bond acceptors (Lipinski definition) is 3. The second-order valence-corrected chi connectivity index (χ2v) is 6.26. The number of halogens is 2. The van der Waals surface area contributed by atoms with Gasteiger partial charge in [0.1, 0.15) is 11.9 Å². The second kappa shape index (κ2) is 7.23. The molecule has 1 amide bonds. The molecule has 130 valence electrons. The Morgan fingerprint density at radius 1 is 1.24 bits per heavy atom. The predicted octanol–water partition coefficient (Wildman–Crippen LogP) is 3.73. The summed E-state index contributed by atoms with van der Waals surface area (Å²) in [7, 11) is 1.30. The molecule has 0 spiro atoms. The third-order valence-corrected chi connectivity index (χ3v) is 4.74. The number of rotatable bonds is 4. The van der Waals surface area contributed by atoms with E-state index < -0.39 is 18.1 Å². The van der Waals surface area contributed by atoms with Crippen LogP contribution in [0.25, 0.3) is 0 Å². The molecule has 2 atom stereocenters. The van der Waals surface area contributed by atoms with Gasteiger partial charge in [-0.25, -0.2) is 9.18 Å². The van der Waals surface area contributed by atoms with Crippen molar-refractivity contribution in [3.63, 3.8) is 0 Å². The number of esters is 1. The first-order valence-corrected chi connectivity index (χ1v) is 8.29. The van der Waals surface area contributed by atoms with Gasteiger partial charge < -0.3 is 9.64 Å². The van der Waals surface area contributed by atoms with E-state index in [0.29, 0.717) is 22.6 Å². The highest BCUT2D eigenvalue weighted by atomic mass is 35.5. The maximum atomic E-state index is 13.4. The molecule has 0 radical (unpaired) electrons. The Morgan fingerprint density at radius 3 is 2.56 bits per heavy atom. The molecular formula is C19H17ClFNO3. The van der Waals surface area contributed by atoms with Crippen molar-refractivity contribution in [1.82, 2.24) is 4.90 Å². The van der Waals surface area contributed by atoms with Crippen LogP contribution in [0.3, 0.4) is 0 Å². The molecule has 25 heavy (non-hydrogen) atoms. The number of ether oxygens (including phenoxy) is 1. The topological polar surface area (TPSA) is 46.6 Å². The van der Waals surface area contributed by atoms with E-state index >= 15 is 0 Å². The lowest BCUT2D eigenvalue weighted by Gasteiger charge is -2.33. The summed E-state index contributed by atoms with van der Waals surface area (Å²) in [5, 5.41) is 0.472. The van der Waals surface area contributed by atoms with Crippen LogP contribution in [0.2, 0.25) is 5.02 Å². The Labute approximate surface area is 150 Å². The number of benzene rings is 2. The second-order valence-electron chi connectivity index (χ2n) is 5.85. The largest absolute Gasteiger partial charge is 0.467 e. The van der Waals surface area contributed by atoms with Crippen molar-refractivity contribution in [2.45, 2.75) is 24.9 Å². The van der Waals surface area contributed by atoms with Gasteiger partial charge in [0.15, 0.2) is 0 Å². The van der Waals surface area contributed by atoms with Crippen LogP contribution < -0.4 is 0 Å². The molecule has 0 N–H and O–H groups in total. The van der Waals surface area contributed by atoms with Crippen LogP contribution in [0.1, 0.15) is 30.0 Å². The van der Waals surface area contributed by atoms with Gasteiger partial charge >= 0.3 is 5.97 Å². The standard InChI is InChI=1S/C19H17ClFNO3/c1-25-19(24)16-10-11-17(23)22(16)18(12-6-8-13(21)9-7-12)14-4-2-3-5-15(14)20/h2-9,16,18H,10-11H2,1H3. The van der Waals surface area contributed by atoms with E-state index in [1.807, 2.05) is 6.07 Å². The smallest absolute Gasteiger partial charge is 0.328 e. The molecule has 1 fully saturated rings. The van der Waals surface area contributed by atoms with Gasteiger partial charge in [0.2, 0.25) is 5.91 Å². The molecule has 0 aliphatic carbocycles. The van der Waals surface area contributed by atoms with E-state index in [1.165, 1.54) is 24.1 Å². The van der Waals surface area contributed by atoms with Crippen molar-refractivity contribution in [1.29, 1.82) is 0 Å². The van der Waals surface area contributed by atoms with Crippen molar-refractivity contribution in [2.24, 2.45) is 0 Å². The first-order valence-electron chi connectivity index (χ1n) is 7.92. The van der Waals surface area contributed by atoms with Crippen LogP contribution in [0.5, 0.6) is 0 Å². The summed E-state index contributed by atoms with van der Waals surface area (Å²) in [4.78, 5) is 26.2. The van der Waals surface area contributed by atoms with Crippen LogP contribution in [-0.2, 0) is 14.3 Å². The van der Waals surface area contributed by atoms with Crippen LogP contribution in [-0.4, -0.2) is 29.9 Å². The minimum absolute atomic E-state index is 0.162. The van der Waals surface area contributed by atoms with Crippen molar-refractivity contribution in [3.8, 4) is 0 Å². The zero-order chi connectivity index (χ0) is 18.0. The quantitative estimate of drug-likeness (QED) is 0.779. The Bertz CT molecular complexity index is 794. The van der Waals surface area contributed by atoms with Crippen LogP contribution in [0.4, 0.5) is 4.39 Å². The first kappa shape index (κ1) is 17.4. The number of methoxy groups -OCH3 is 1. The van der Waals surface area contributed by atoms with Gasteiger partial charge in [-0.2, -0.15) is 0 Å². The lowest BCUT2D eigenvalue weighted by atomic mass is 9.96. The predicted molar refractivity (Wildman–Crippen MR) is 91.6 cm³/mol. The number of hydrogen-bond donors (Lipinski definition) is 0. The fourth-order valence-electron chi connectivity index (χ4n) is 3.23. The Balaban J connectivity index is 2.13. The van der Waals surface area contributed by atoms with E-state index in [-0.39, 0.29) is 18.1 Å². The van der Waals surface area contributed by atoms with Gasteiger partial charge in [-0.15, -0.1) is 0 Å². The molecule has 0 aromatic heterocycles. The van der Waals surface area contributed by atoms with Crippen molar-refractivity contribution < 1.29 is 18.7 Å². The van der Waals surface area contributed by atoms with Gasteiger partial charge in [0, 0.05) is 11.4 Å². The Kier molecular flexibility index (Phi) is 5.04. The Morgan fingerprint density at radius 2 is 1.92 bits per heavy atom. The minimum atomic E-state index is -0.691. The lowest BCUT2D eigenvalue weighted by molar-refractivity contribution is -0.150. The van der Waals surface area contributed by atoms with Crippen molar-refractivity contribution >= 4 is 23.5 Å². The van der Waals surface area contributed by atoms with Gasteiger partial charge in [-0.05, 0) is 35.7 Å². The molecule has 6 heteroatoms. The molecule has 2 aromatic carbocycles. The fourth-order valence-corrected chi connectivity index (χ4v) is 3.46. The fraction of sp³-hybridized carbons (Fsp3) is 0.263.